The average molecular weight is 349 g/mol. The number of imide groups is 1. The fourth-order valence-corrected chi connectivity index (χ4v) is 3.19. The molecule has 130 valence electrons. The molecular formula is C19H15N3O4. The van der Waals surface area contributed by atoms with Gasteiger partial charge in [-0.15, -0.1) is 0 Å². The van der Waals surface area contributed by atoms with Crippen LogP contribution in [0.25, 0.3) is 11.0 Å². The van der Waals surface area contributed by atoms with Gasteiger partial charge < -0.3 is 9.67 Å². The molecular weight excluding hydrogens is 334 g/mol. The zero-order valence-electron chi connectivity index (χ0n) is 13.7. The van der Waals surface area contributed by atoms with Gasteiger partial charge in [0, 0.05) is 0 Å². The van der Waals surface area contributed by atoms with E-state index in [1.54, 1.807) is 48.5 Å². The largest absolute Gasteiger partial charge is 0.389 e. The van der Waals surface area contributed by atoms with Crippen molar-refractivity contribution in [3.05, 3.63) is 76.2 Å². The lowest BCUT2D eigenvalue weighted by Crippen LogP contribution is -2.40. The minimum Gasteiger partial charge on any atom is -0.389 e. The van der Waals surface area contributed by atoms with E-state index >= 15 is 0 Å². The molecule has 1 aliphatic rings. The predicted molar refractivity (Wildman–Crippen MR) is 93.8 cm³/mol. The number of β-amino-alcohol motifs (C(OH)–C–C–N with tert-alkyl or cyclic N) is 1. The Morgan fingerprint density at radius 1 is 0.885 bits per heavy atom. The van der Waals surface area contributed by atoms with Gasteiger partial charge in [-0.3, -0.25) is 19.3 Å². The van der Waals surface area contributed by atoms with Crippen molar-refractivity contribution < 1.29 is 14.7 Å². The van der Waals surface area contributed by atoms with E-state index in [9.17, 15) is 19.5 Å². The summed E-state index contributed by atoms with van der Waals surface area (Å²) in [6.07, 6.45) is 0.109. The number of para-hydroxylation sites is 2. The summed E-state index contributed by atoms with van der Waals surface area (Å²) in [4.78, 5) is 42.0. The third-order valence-corrected chi connectivity index (χ3v) is 4.42. The third-order valence-electron chi connectivity index (χ3n) is 4.42. The van der Waals surface area contributed by atoms with Crippen LogP contribution in [-0.4, -0.2) is 44.0 Å². The molecule has 4 rings (SSSR count). The molecule has 26 heavy (non-hydrogen) atoms. The van der Waals surface area contributed by atoms with Gasteiger partial charge in [-0.25, -0.2) is 4.98 Å². The maximum Gasteiger partial charge on any atom is 0.269 e. The van der Waals surface area contributed by atoms with Crippen molar-refractivity contribution in [1.82, 2.24) is 14.5 Å². The maximum atomic E-state index is 12.4. The van der Waals surface area contributed by atoms with Crippen molar-refractivity contribution in [2.24, 2.45) is 0 Å². The molecule has 0 fully saturated rings. The SMILES string of the molecule is O=C1c2ccccc2C(=O)N1CC(O)Cn1c(=O)cnc2ccccc21. The molecule has 1 atom stereocenters. The highest BCUT2D eigenvalue weighted by molar-refractivity contribution is 6.21. The van der Waals surface area contributed by atoms with Gasteiger partial charge in [-0.2, -0.15) is 0 Å². The summed E-state index contributed by atoms with van der Waals surface area (Å²) in [5, 5.41) is 10.4. The Bertz CT molecular complexity index is 1050. The number of aliphatic hydroxyl groups excluding tert-OH is 1. The number of hydrogen-bond donors (Lipinski definition) is 1. The Hall–Kier alpha value is -3.32. The first-order valence-corrected chi connectivity index (χ1v) is 8.14. The standard InChI is InChI=1S/C19H15N3O4/c23-12(10-21-16-8-4-3-7-15(16)20-9-17(21)24)11-22-18(25)13-5-1-2-6-14(13)19(22)26/h1-9,12,23H,10-11H2. The Kier molecular flexibility index (Phi) is 3.85. The second kappa shape index (κ2) is 6.20. The second-order valence-electron chi connectivity index (χ2n) is 6.12. The number of carbonyl (C=O) groups excluding carboxylic acids is 2. The molecule has 7 heteroatoms. The summed E-state index contributed by atoms with van der Waals surface area (Å²) < 4.78 is 1.39. The number of fused-ring (bicyclic) bond motifs is 2. The second-order valence-corrected chi connectivity index (χ2v) is 6.12. The van der Waals surface area contributed by atoms with Crippen molar-refractivity contribution in [3.8, 4) is 0 Å². The average Bonchev–Trinajstić information content (AvgIpc) is 2.89. The van der Waals surface area contributed by atoms with Crippen molar-refractivity contribution in [3.63, 3.8) is 0 Å². The Morgan fingerprint density at radius 2 is 1.50 bits per heavy atom. The van der Waals surface area contributed by atoms with Gasteiger partial charge in [-0.05, 0) is 24.3 Å². The van der Waals surface area contributed by atoms with Gasteiger partial charge in [0.1, 0.15) is 0 Å². The lowest BCUT2D eigenvalue weighted by molar-refractivity contribution is 0.0521. The first-order chi connectivity index (χ1) is 12.6. The van der Waals surface area contributed by atoms with E-state index in [1.165, 1.54) is 10.8 Å². The minimum absolute atomic E-state index is 0.0464. The molecule has 2 amide bonds. The lowest BCUT2D eigenvalue weighted by Gasteiger charge is -2.20. The molecule has 1 N–H and O–H groups in total. The van der Waals surface area contributed by atoms with Gasteiger partial charge in [0.15, 0.2) is 0 Å². The van der Waals surface area contributed by atoms with Gasteiger partial charge >= 0.3 is 0 Å². The normalized spacial score (nSPS) is 14.7. The molecule has 0 spiro atoms. The zero-order valence-corrected chi connectivity index (χ0v) is 13.7. The van der Waals surface area contributed by atoms with Crippen LogP contribution in [0, 0.1) is 0 Å². The molecule has 1 aliphatic heterocycles. The monoisotopic (exact) mass is 349 g/mol. The van der Waals surface area contributed by atoms with Crippen LogP contribution in [0.1, 0.15) is 20.7 Å². The topological polar surface area (TPSA) is 92.5 Å². The first-order valence-electron chi connectivity index (χ1n) is 8.14. The number of aromatic nitrogens is 2. The zero-order chi connectivity index (χ0) is 18.3. The van der Waals surface area contributed by atoms with Crippen LogP contribution in [-0.2, 0) is 6.54 Å². The molecule has 0 saturated carbocycles. The van der Waals surface area contributed by atoms with E-state index < -0.39 is 17.9 Å². The van der Waals surface area contributed by atoms with E-state index in [2.05, 4.69) is 4.98 Å². The molecule has 0 saturated heterocycles. The van der Waals surface area contributed by atoms with Crippen LogP contribution in [0.4, 0.5) is 0 Å². The van der Waals surface area contributed by atoms with E-state index in [-0.39, 0.29) is 18.6 Å². The molecule has 2 aromatic carbocycles. The van der Waals surface area contributed by atoms with Gasteiger partial charge in [0.05, 0.1) is 47.6 Å². The van der Waals surface area contributed by atoms with E-state index in [4.69, 9.17) is 0 Å². The number of aliphatic hydroxyl groups is 1. The highest BCUT2D eigenvalue weighted by atomic mass is 16.3. The van der Waals surface area contributed by atoms with Crippen molar-refractivity contribution in [2.75, 3.05) is 6.54 Å². The fraction of sp³-hybridized carbons (Fsp3) is 0.158. The Morgan fingerprint density at radius 3 is 2.19 bits per heavy atom. The van der Waals surface area contributed by atoms with Crippen LogP contribution in [0.3, 0.4) is 0 Å². The van der Waals surface area contributed by atoms with Crippen molar-refractivity contribution in [2.45, 2.75) is 12.6 Å². The van der Waals surface area contributed by atoms with Crippen LogP contribution < -0.4 is 5.56 Å². The summed E-state index contributed by atoms with van der Waals surface area (Å²) in [6.45, 7) is -0.231. The van der Waals surface area contributed by atoms with Crippen molar-refractivity contribution in [1.29, 1.82) is 0 Å². The maximum absolute atomic E-state index is 12.4. The summed E-state index contributed by atoms with van der Waals surface area (Å²) in [5.41, 5.74) is 1.51. The summed E-state index contributed by atoms with van der Waals surface area (Å²) >= 11 is 0. The Balaban J connectivity index is 1.59. The van der Waals surface area contributed by atoms with Crippen LogP contribution in [0.2, 0.25) is 0 Å². The van der Waals surface area contributed by atoms with Gasteiger partial charge in [-0.1, -0.05) is 24.3 Å². The molecule has 1 aromatic heterocycles. The number of carbonyl (C=O) groups is 2. The van der Waals surface area contributed by atoms with E-state index in [1.807, 2.05) is 0 Å². The van der Waals surface area contributed by atoms with E-state index in [0.717, 1.165) is 4.90 Å². The summed E-state index contributed by atoms with van der Waals surface area (Å²) in [6, 6.07) is 13.6. The fourth-order valence-electron chi connectivity index (χ4n) is 3.19. The summed E-state index contributed by atoms with van der Waals surface area (Å²) in [5.74, 6) is -0.867. The van der Waals surface area contributed by atoms with E-state index in [0.29, 0.717) is 22.2 Å². The number of benzene rings is 2. The van der Waals surface area contributed by atoms with Crippen LogP contribution in [0.15, 0.2) is 59.5 Å². The number of rotatable bonds is 4. The highest BCUT2D eigenvalue weighted by Crippen LogP contribution is 2.22. The lowest BCUT2D eigenvalue weighted by atomic mass is 10.1. The molecule has 2 heterocycles. The number of nitrogens with zero attached hydrogens (tertiary/aromatic N) is 3. The first kappa shape index (κ1) is 16.2. The summed E-state index contributed by atoms with van der Waals surface area (Å²) in [7, 11) is 0. The third kappa shape index (κ3) is 2.58. The quantitative estimate of drug-likeness (QED) is 0.711. The highest BCUT2D eigenvalue weighted by Gasteiger charge is 2.36. The molecule has 3 aromatic rings. The Labute approximate surface area is 148 Å². The minimum atomic E-state index is -1.08. The number of amides is 2. The van der Waals surface area contributed by atoms with Gasteiger partial charge in [0.25, 0.3) is 17.4 Å². The molecule has 0 bridgehead atoms. The van der Waals surface area contributed by atoms with Crippen LogP contribution in [0.5, 0.6) is 0 Å². The van der Waals surface area contributed by atoms with Crippen LogP contribution >= 0.6 is 0 Å². The van der Waals surface area contributed by atoms with Crippen molar-refractivity contribution >= 4 is 22.8 Å². The molecule has 1 unspecified atom stereocenters. The predicted octanol–water partition coefficient (Wildman–Crippen LogP) is 1.05. The molecule has 0 aliphatic carbocycles. The molecule has 0 radical (unpaired) electrons. The molecule has 7 nitrogen and oxygen atoms in total. The van der Waals surface area contributed by atoms with Gasteiger partial charge in [0.2, 0.25) is 0 Å². The number of hydrogen-bond acceptors (Lipinski definition) is 5. The smallest absolute Gasteiger partial charge is 0.269 e.